The fourth-order valence-electron chi connectivity index (χ4n) is 4.10. The van der Waals surface area contributed by atoms with Crippen LogP contribution in [0.2, 0.25) is 0 Å². The summed E-state index contributed by atoms with van der Waals surface area (Å²) in [5.41, 5.74) is 1.28. The largest absolute Gasteiger partial charge is 0.355 e. The van der Waals surface area contributed by atoms with E-state index < -0.39 is 16.7 Å². The minimum Gasteiger partial charge on any atom is -0.355 e. The van der Waals surface area contributed by atoms with Gasteiger partial charge in [0, 0.05) is 58.7 Å². The van der Waals surface area contributed by atoms with Crippen LogP contribution in [0.1, 0.15) is 38.4 Å². The molecule has 5 N–H and O–H groups in total. The highest BCUT2D eigenvalue weighted by molar-refractivity contribution is 6.07. The van der Waals surface area contributed by atoms with Gasteiger partial charge in [-0.05, 0) is 19.1 Å². The number of guanidine groups is 1. The maximum Gasteiger partial charge on any atom is 0.287 e. The molecule has 15 heteroatoms. The molecule has 0 saturated heterocycles. The molecule has 0 aliphatic carbocycles. The van der Waals surface area contributed by atoms with Gasteiger partial charge in [-0.3, -0.25) is 29.5 Å². The van der Waals surface area contributed by atoms with Gasteiger partial charge in [-0.2, -0.15) is 0 Å². The number of aliphatic imine (C=N–C) groups is 1. The fraction of sp³-hybridized carbons (Fsp3) is 0.333. The van der Waals surface area contributed by atoms with E-state index in [9.17, 15) is 24.5 Å². The maximum atomic E-state index is 12.9. The van der Waals surface area contributed by atoms with Gasteiger partial charge in [-0.1, -0.05) is 0 Å². The van der Waals surface area contributed by atoms with E-state index in [2.05, 4.69) is 31.6 Å². The topological polar surface area (TPSA) is 182 Å². The van der Waals surface area contributed by atoms with Crippen molar-refractivity contribution in [1.29, 1.82) is 0 Å². The third-order valence-corrected chi connectivity index (χ3v) is 6.05. The highest BCUT2D eigenvalue weighted by atomic mass is 16.6. The fourth-order valence-corrected chi connectivity index (χ4v) is 4.10. The van der Waals surface area contributed by atoms with E-state index in [1.165, 1.54) is 34.5 Å². The molecule has 1 aliphatic heterocycles. The molecule has 4 rings (SSSR count). The van der Waals surface area contributed by atoms with Crippen LogP contribution in [0.15, 0.2) is 41.8 Å². The van der Waals surface area contributed by atoms with Crippen molar-refractivity contribution in [3.63, 3.8) is 0 Å². The van der Waals surface area contributed by atoms with Crippen molar-refractivity contribution in [2.75, 3.05) is 30.3 Å². The van der Waals surface area contributed by atoms with Crippen LogP contribution >= 0.6 is 0 Å². The molecule has 39 heavy (non-hydrogen) atoms. The highest BCUT2D eigenvalue weighted by Gasteiger charge is 2.20. The predicted octanol–water partition coefficient (Wildman–Crippen LogP) is 0.782. The second-order valence-corrected chi connectivity index (χ2v) is 9.22. The Hall–Kier alpha value is -5.08. The minimum atomic E-state index is -0.581. The number of aromatic nitrogens is 3. The molecule has 0 spiro atoms. The van der Waals surface area contributed by atoms with Gasteiger partial charge in [0.15, 0.2) is 5.96 Å². The number of carbonyl (C=O) groups excluding carboxylic acids is 3. The van der Waals surface area contributed by atoms with Gasteiger partial charge in [0.25, 0.3) is 23.4 Å². The minimum absolute atomic E-state index is 0.0403. The van der Waals surface area contributed by atoms with Gasteiger partial charge in [0.1, 0.15) is 17.1 Å². The Morgan fingerprint density at radius 2 is 1.49 bits per heavy atom. The average molecular weight is 539 g/mol. The van der Waals surface area contributed by atoms with Crippen molar-refractivity contribution in [1.82, 2.24) is 29.7 Å². The van der Waals surface area contributed by atoms with Crippen LogP contribution in [-0.2, 0) is 21.1 Å². The average Bonchev–Trinajstić information content (AvgIpc) is 3.65. The smallest absolute Gasteiger partial charge is 0.287 e. The Balaban J connectivity index is 1.36. The molecular formula is C24H30N10O5. The van der Waals surface area contributed by atoms with Crippen LogP contribution in [0.4, 0.5) is 17.1 Å². The SMILES string of the molecule is CC(CNC(=O)c1cc(NC(=O)c2cc(NC(=O)c3cc([N+](=O)[O-])cn3C)cn2C)cn1C)NC1=NCCN1. The molecule has 15 nitrogen and oxygen atoms in total. The zero-order valence-electron chi connectivity index (χ0n) is 21.9. The van der Waals surface area contributed by atoms with E-state index in [1.54, 1.807) is 37.1 Å². The van der Waals surface area contributed by atoms with Gasteiger partial charge in [0.2, 0.25) is 0 Å². The Labute approximate surface area is 223 Å². The van der Waals surface area contributed by atoms with Crippen LogP contribution in [0.5, 0.6) is 0 Å². The summed E-state index contributed by atoms with van der Waals surface area (Å²) < 4.78 is 4.50. The Kier molecular flexibility index (Phi) is 7.69. The molecule has 1 unspecified atom stereocenters. The summed E-state index contributed by atoms with van der Waals surface area (Å²) >= 11 is 0. The number of anilines is 2. The lowest BCUT2D eigenvalue weighted by Gasteiger charge is -2.16. The summed E-state index contributed by atoms with van der Waals surface area (Å²) in [5, 5.41) is 25.6. The van der Waals surface area contributed by atoms with E-state index >= 15 is 0 Å². The van der Waals surface area contributed by atoms with E-state index in [0.29, 0.717) is 29.6 Å². The molecular weight excluding hydrogens is 508 g/mol. The normalized spacial score (nSPS) is 13.3. The lowest BCUT2D eigenvalue weighted by molar-refractivity contribution is -0.384. The summed E-state index contributed by atoms with van der Waals surface area (Å²) in [4.78, 5) is 52.9. The van der Waals surface area contributed by atoms with Crippen molar-refractivity contribution in [2.45, 2.75) is 13.0 Å². The number of carbonyl (C=O) groups is 3. The first-order valence-corrected chi connectivity index (χ1v) is 12.1. The third kappa shape index (κ3) is 6.26. The van der Waals surface area contributed by atoms with Crippen molar-refractivity contribution < 1.29 is 19.3 Å². The number of aryl methyl sites for hydroxylation is 3. The molecule has 3 aromatic rings. The van der Waals surface area contributed by atoms with Gasteiger partial charge in [-0.15, -0.1) is 0 Å². The van der Waals surface area contributed by atoms with Crippen LogP contribution in [0.25, 0.3) is 0 Å². The molecule has 3 aromatic heterocycles. The first kappa shape index (κ1) is 27.0. The molecule has 3 amide bonds. The highest BCUT2D eigenvalue weighted by Crippen LogP contribution is 2.20. The van der Waals surface area contributed by atoms with Crippen molar-refractivity contribution >= 4 is 40.7 Å². The lowest BCUT2D eigenvalue weighted by Crippen LogP contribution is -2.45. The van der Waals surface area contributed by atoms with Crippen LogP contribution in [0, 0.1) is 10.1 Å². The summed E-state index contributed by atoms with van der Waals surface area (Å²) in [5.74, 6) is -0.586. The standard InChI is InChI=1S/C24H30N10O5/c1-14(28-24-25-5-6-26-24)10-27-21(35)18-7-15(11-31(18)2)29-22(36)19-8-16(12-32(19)3)30-23(37)20-9-17(34(38)39)13-33(20)4/h7-9,11-14H,5-6,10H2,1-4H3,(H,27,35)(H,29,36)(H,30,37)(H2,25,26,28). The van der Waals surface area contributed by atoms with E-state index in [0.717, 1.165) is 13.1 Å². The van der Waals surface area contributed by atoms with Crippen LogP contribution < -0.4 is 26.6 Å². The number of hydrogen-bond donors (Lipinski definition) is 5. The Bertz CT molecular complexity index is 1460. The van der Waals surface area contributed by atoms with E-state index in [1.807, 2.05) is 6.92 Å². The number of amides is 3. The maximum absolute atomic E-state index is 12.9. The predicted molar refractivity (Wildman–Crippen MR) is 144 cm³/mol. The molecule has 206 valence electrons. The Morgan fingerprint density at radius 3 is 2.00 bits per heavy atom. The summed E-state index contributed by atoms with van der Waals surface area (Å²) in [6.07, 6.45) is 4.42. The number of nitrogens with one attached hydrogen (secondary N) is 5. The molecule has 1 atom stereocenters. The van der Waals surface area contributed by atoms with Gasteiger partial charge in [0.05, 0.1) is 29.0 Å². The first-order valence-electron chi connectivity index (χ1n) is 12.1. The number of nitro groups is 1. The molecule has 4 heterocycles. The second kappa shape index (κ2) is 11.1. The van der Waals surface area contributed by atoms with Crippen LogP contribution in [-0.4, -0.2) is 68.0 Å². The van der Waals surface area contributed by atoms with E-state index in [-0.39, 0.29) is 29.0 Å². The number of hydrogen-bond acceptors (Lipinski definition) is 8. The first-order chi connectivity index (χ1) is 18.5. The summed E-state index contributed by atoms with van der Waals surface area (Å²) in [6.45, 7) is 3.82. The molecule has 0 bridgehead atoms. The van der Waals surface area contributed by atoms with Gasteiger partial charge in [-0.25, -0.2) is 0 Å². The van der Waals surface area contributed by atoms with Gasteiger partial charge >= 0.3 is 0 Å². The Morgan fingerprint density at radius 1 is 0.949 bits per heavy atom. The molecule has 1 aliphatic rings. The van der Waals surface area contributed by atoms with Gasteiger partial charge < -0.3 is 40.3 Å². The molecule has 0 radical (unpaired) electrons. The second-order valence-electron chi connectivity index (χ2n) is 9.22. The van der Waals surface area contributed by atoms with Crippen molar-refractivity contribution in [2.24, 2.45) is 26.1 Å². The number of nitrogens with zero attached hydrogens (tertiary/aromatic N) is 5. The summed E-state index contributed by atoms with van der Waals surface area (Å²) in [7, 11) is 4.87. The van der Waals surface area contributed by atoms with Crippen molar-refractivity contribution in [3.8, 4) is 0 Å². The monoisotopic (exact) mass is 538 g/mol. The summed E-state index contributed by atoms with van der Waals surface area (Å²) in [6, 6.07) is 4.19. The zero-order chi connectivity index (χ0) is 28.3. The third-order valence-electron chi connectivity index (χ3n) is 6.05. The molecule has 0 fully saturated rings. The van der Waals surface area contributed by atoms with E-state index in [4.69, 9.17) is 0 Å². The van der Waals surface area contributed by atoms with Crippen LogP contribution in [0.3, 0.4) is 0 Å². The molecule has 0 aromatic carbocycles. The van der Waals surface area contributed by atoms with Crippen molar-refractivity contribution in [3.05, 3.63) is 64.0 Å². The number of rotatable bonds is 9. The zero-order valence-corrected chi connectivity index (χ0v) is 21.9. The quantitative estimate of drug-likeness (QED) is 0.197. The lowest BCUT2D eigenvalue weighted by atomic mass is 10.3. The molecule has 0 saturated carbocycles.